The van der Waals surface area contributed by atoms with Crippen LogP contribution in [0.5, 0.6) is 0 Å². The van der Waals surface area contributed by atoms with Crippen molar-refractivity contribution in [1.82, 2.24) is 0 Å². The highest BCUT2D eigenvalue weighted by atomic mass is 35.5. The lowest BCUT2D eigenvalue weighted by atomic mass is 10.2. The zero-order valence-electron chi connectivity index (χ0n) is 16.8. The summed E-state index contributed by atoms with van der Waals surface area (Å²) < 4.78 is 27.5. The Morgan fingerprint density at radius 2 is 1.48 bits per heavy atom. The smallest absolute Gasteiger partial charge is 0.261 e. The number of aryl methyl sites for hydroxylation is 1. The van der Waals surface area contributed by atoms with E-state index in [0.717, 1.165) is 5.56 Å². The van der Waals surface area contributed by atoms with Gasteiger partial charge in [-0.1, -0.05) is 35.4 Å². The molecule has 0 aliphatic carbocycles. The first-order chi connectivity index (χ1) is 14.6. The van der Waals surface area contributed by atoms with Crippen LogP contribution in [0.2, 0.25) is 5.02 Å². The van der Waals surface area contributed by atoms with E-state index in [4.69, 9.17) is 11.6 Å². The first-order valence-electron chi connectivity index (χ1n) is 9.22. The Balaban J connectivity index is 1.75. The van der Waals surface area contributed by atoms with Crippen molar-refractivity contribution in [2.45, 2.75) is 18.7 Å². The Bertz CT molecular complexity index is 1240. The highest BCUT2D eigenvalue weighted by molar-refractivity contribution is 7.92. The molecule has 160 valence electrons. The Hall–Kier alpha value is -3.36. The molecule has 3 aromatic carbocycles. The molecule has 0 aromatic heterocycles. The standard InChI is InChI=1S/C22H20ClN3O4S/c1-14-6-9-19(10-7-14)31(29,30)26-18-8-11-20(21(23)13-18)22(28)25-17-5-3-4-16(12-17)24-15(2)27/h3-13,26H,1-2H3,(H,24,27)(H,25,28). The van der Waals surface area contributed by atoms with Crippen LogP contribution in [0.3, 0.4) is 0 Å². The summed E-state index contributed by atoms with van der Waals surface area (Å²) in [5.41, 5.74) is 2.35. The Morgan fingerprint density at radius 1 is 0.839 bits per heavy atom. The summed E-state index contributed by atoms with van der Waals surface area (Å²) in [6.45, 7) is 3.25. The van der Waals surface area contributed by atoms with Gasteiger partial charge in [0.15, 0.2) is 0 Å². The zero-order chi connectivity index (χ0) is 22.6. The molecular formula is C22H20ClN3O4S. The van der Waals surface area contributed by atoms with Crippen LogP contribution in [0.15, 0.2) is 71.6 Å². The second-order valence-corrected chi connectivity index (χ2v) is 8.92. The molecule has 2 amide bonds. The highest BCUT2D eigenvalue weighted by Gasteiger charge is 2.16. The Kier molecular flexibility index (Phi) is 6.62. The number of carbonyl (C=O) groups excluding carboxylic acids is 2. The third-order valence-corrected chi connectivity index (χ3v) is 5.95. The van der Waals surface area contributed by atoms with Gasteiger partial charge in [-0.15, -0.1) is 0 Å². The third kappa shape index (κ3) is 5.84. The summed E-state index contributed by atoms with van der Waals surface area (Å²) in [5.74, 6) is -0.701. The van der Waals surface area contributed by atoms with Gasteiger partial charge < -0.3 is 10.6 Å². The largest absolute Gasteiger partial charge is 0.326 e. The monoisotopic (exact) mass is 457 g/mol. The molecule has 0 radical (unpaired) electrons. The molecule has 3 aromatic rings. The molecule has 0 atom stereocenters. The molecule has 7 nitrogen and oxygen atoms in total. The molecule has 0 fully saturated rings. The zero-order valence-corrected chi connectivity index (χ0v) is 18.3. The van der Waals surface area contributed by atoms with Crippen LogP contribution in [-0.2, 0) is 14.8 Å². The number of rotatable bonds is 6. The van der Waals surface area contributed by atoms with Gasteiger partial charge in [-0.3, -0.25) is 14.3 Å². The van der Waals surface area contributed by atoms with Crippen LogP contribution in [0.1, 0.15) is 22.8 Å². The lowest BCUT2D eigenvalue weighted by molar-refractivity contribution is -0.114. The van der Waals surface area contributed by atoms with Crippen molar-refractivity contribution in [3.8, 4) is 0 Å². The van der Waals surface area contributed by atoms with E-state index in [1.165, 1.54) is 37.3 Å². The Morgan fingerprint density at radius 3 is 2.10 bits per heavy atom. The molecule has 0 saturated carbocycles. The third-order valence-electron chi connectivity index (χ3n) is 4.24. The molecule has 0 saturated heterocycles. The van der Waals surface area contributed by atoms with E-state index in [2.05, 4.69) is 15.4 Å². The van der Waals surface area contributed by atoms with Gasteiger partial charge >= 0.3 is 0 Å². The molecule has 0 spiro atoms. The fraction of sp³-hybridized carbons (Fsp3) is 0.0909. The summed E-state index contributed by atoms with van der Waals surface area (Å²) in [5, 5.41) is 5.41. The number of nitrogens with one attached hydrogen (secondary N) is 3. The molecule has 9 heteroatoms. The molecule has 0 aliphatic heterocycles. The van der Waals surface area contributed by atoms with Crippen molar-refractivity contribution in [3.05, 3.63) is 82.9 Å². The van der Waals surface area contributed by atoms with E-state index >= 15 is 0 Å². The van der Waals surface area contributed by atoms with E-state index < -0.39 is 15.9 Å². The van der Waals surface area contributed by atoms with Crippen LogP contribution in [-0.4, -0.2) is 20.2 Å². The highest BCUT2D eigenvalue weighted by Crippen LogP contribution is 2.25. The number of benzene rings is 3. The summed E-state index contributed by atoms with van der Waals surface area (Å²) in [6, 6.07) is 17.3. The maximum atomic E-state index is 12.6. The van der Waals surface area contributed by atoms with Gasteiger partial charge in [0, 0.05) is 18.3 Å². The molecular weight excluding hydrogens is 438 g/mol. The van der Waals surface area contributed by atoms with E-state index in [1.807, 2.05) is 6.92 Å². The lowest BCUT2D eigenvalue weighted by Crippen LogP contribution is -2.15. The van der Waals surface area contributed by atoms with Crippen molar-refractivity contribution >= 4 is 50.5 Å². The van der Waals surface area contributed by atoms with Crippen molar-refractivity contribution in [2.24, 2.45) is 0 Å². The summed E-state index contributed by atoms with van der Waals surface area (Å²) in [4.78, 5) is 23.9. The normalized spacial score (nSPS) is 10.9. The summed E-state index contributed by atoms with van der Waals surface area (Å²) in [7, 11) is -3.79. The van der Waals surface area contributed by atoms with E-state index in [1.54, 1.807) is 36.4 Å². The second kappa shape index (κ2) is 9.20. The minimum Gasteiger partial charge on any atom is -0.326 e. The quantitative estimate of drug-likeness (QED) is 0.500. The van der Waals surface area contributed by atoms with Crippen LogP contribution in [0.25, 0.3) is 0 Å². The molecule has 31 heavy (non-hydrogen) atoms. The molecule has 0 aliphatic rings. The number of hydrogen-bond donors (Lipinski definition) is 3. The molecule has 3 rings (SSSR count). The molecule has 0 heterocycles. The average molecular weight is 458 g/mol. The van der Waals surface area contributed by atoms with Crippen molar-refractivity contribution < 1.29 is 18.0 Å². The molecule has 0 bridgehead atoms. The van der Waals surface area contributed by atoms with Gasteiger partial charge in [0.1, 0.15) is 0 Å². The van der Waals surface area contributed by atoms with Crippen LogP contribution in [0.4, 0.5) is 17.1 Å². The van der Waals surface area contributed by atoms with Crippen molar-refractivity contribution in [2.75, 3.05) is 15.4 Å². The summed E-state index contributed by atoms with van der Waals surface area (Å²) in [6.07, 6.45) is 0. The average Bonchev–Trinajstić information content (AvgIpc) is 2.67. The first kappa shape index (κ1) is 22.3. The molecule has 3 N–H and O–H groups in total. The minimum absolute atomic E-state index is 0.0830. The van der Waals surface area contributed by atoms with Crippen LogP contribution in [0, 0.1) is 6.92 Å². The minimum atomic E-state index is -3.79. The second-order valence-electron chi connectivity index (χ2n) is 6.83. The number of anilines is 3. The maximum absolute atomic E-state index is 12.6. The van der Waals surface area contributed by atoms with E-state index in [9.17, 15) is 18.0 Å². The number of hydrogen-bond acceptors (Lipinski definition) is 4. The Labute approximate surface area is 185 Å². The number of carbonyl (C=O) groups is 2. The first-order valence-corrected chi connectivity index (χ1v) is 11.1. The van der Waals surface area contributed by atoms with Gasteiger partial charge in [0.2, 0.25) is 5.91 Å². The number of halogens is 1. The van der Waals surface area contributed by atoms with E-state index in [-0.39, 0.29) is 27.1 Å². The van der Waals surface area contributed by atoms with Crippen LogP contribution >= 0.6 is 11.6 Å². The predicted octanol–water partition coefficient (Wildman–Crippen LogP) is 4.66. The summed E-state index contributed by atoms with van der Waals surface area (Å²) >= 11 is 6.23. The topological polar surface area (TPSA) is 104 Å². The number of amides is 2. The van der Waals surface area contributed by atoms with E-state index in [0.29, 0.717) is 11.4 Å². The maximum Gasteiger partial charge on any atom is 0.261 e. The van der Waals surface area contributed by atoms with Crippen molar-refractivity contribution in [1.29, 1.82) is 0 Å². The fourth-order valence-corrected chi connectivity index (χ4v) is 4.09. The van der Waals surface area contributed by atoms with Gasteiger partial charge in [0.05, 0.1) is 21.2 Å². The van der Waals surface area contributed by atoms with Gasteiger partial charge in [-0.05, 0) is 55.5 Å². The van der Waals surface area contributed by atoms with Crippen LogP contribution < -0.4 is 15.4 Å². The van der Waals surface area contributed by atoms with Gasteiger partial charge in [-0.25, -0.2) is 8.42 Å². The molecule has 0 unspecified atom stereocenters. The van der Waals surface area contributed by atoms with Gasteiger partial charge in [0.25, 0.3) is 15.9 Å². The lowest BCUT2D eigenvalue weighted by Gasteiger charge is -2.11. The predicted molar refractivity (Wildman–Crippen MR) is 122 cm³/mol. The SMILES string of the molecule is CC(=O)Nc1cccc(NC(=O)c2ccc(NS(=O)(=O)c3ccc(C)cc3)cc2Cl)c1. The fourth-order valence-electron chi connectivity index (χ4n) is 2.77. The van der Waals surface area contributed by atoms with Gasteiger partial charge in [-0.2, -0.15) is 0 Å². The number of sulfonamides is 1. The van der Waals surface area contributed by atoms with Crippen molar-refractivity contribution in [3.63, 3.8) is 0 Å².